The van der Waals surface area contributed by atoms with Gasteiger partial charge in [-0.05, 0) is 36.5 Å². The maximum Gasteiger partial charge on any atom is 0.271 e. The molecular formula is C20H22N6O3S2. The summed E-state index contributed by atoms with van der Waals surface area (Å²) in [7, 11) is 1.48. The van der Waals surface area contributed by atoms with Crippen molar-refractivity contribution in [1.82, 2.24) is 10.3 Å². The third-order valence-electron chi connectivity index (χ3n) is 3.85. The normalized spacial score (nSPS) is 12.3. The van der Waals surface area contributed by atoms with E-state index in [2.05, 4.69) is 28.2 Å². The highest BCUT2D eigenvalue weighted by Gasteiger charge is 2.13. The van der Waals surface area contributed by atoms with Crippen LogP contribution >= 0.6 is 24.8 Å². The van der Waals surface area contributed by atoms with Crippen LogP contribution in [0, 0.1) is 10.1 Å². The number of nitrogen functional groups attached to an aromatic ring is 1. The molecule has 31 heavy (non-hydrogen) atoms. The van der Waals surface area contributed by atoms with Gasteiger partial charge in [-0.25, -0.2) is 0 Å². The quantitative estimate of drug-likeness (QED) is 0.201. The zero-order valence-corrected chi connectivity index (χ0v) is 18.3. The smallest absolute Gasteiger partial charge is 0.271 e. The lowest BCUT2D eigenvalue weighted by molar-refractivity contribution is -0.384. The van der Waals surface area contributed by atoms with Crippen LogP contribution in [0.4, 0.5) is 17.1 Å². The van der Waals surface area contributed by atoms with Crippen molar-refractivity contribution in [2.75, 3.05) is 18.2 Å². The molecule has 0 fully saturated rings. The molecule has 1 aliphatic rings. The molecule has 3 rings (SSSR count). The number of pyridine rings is 1. The average Bonchev–Trinajstić information content (AvgIpc) is 2.94. The van der Waals surface area contributed by atoms with Crippen molar-refractivity contribution in [1.29, 1.82) is 0 Å². The van der Waals surface area contributed by atoms with Gasteiger partial charge in [0, 0.05) is 52.9 Å². The summed E-state index contributed by atoms with van der Waals surface area (Å²) in [4.78, 5) is 14.9. The molecule has 0 radical (unpaired) electrons. The van der Waals surface area contributed by atoms with Crippen molar-refractivity contribution < 1.29 is 9.66 Å². The van der Waals surface area contributed by atoms with E-state index in [4.69, 9.17) is 28.4 Å². The lowest BCUT2D eigenvalue weighted by Crippen LogP contribution is -2.28. The van der Waals surface area contributed by atoms with Crippen molar-refractivity contribution in [2.24, 2.45) is 5.73 Å². The molecule has 1 aliphatic carbocycles. The minimum absolute atomic E-state index is 0.0557. The highest BCUT2D eigenvalue weighted by molar-refractivity contribution is 7.80. The van der Waals surface area contributed by atoms with Gasteiger partial charge in [-0.1, -0.05) is 12.2 Å². The molecule has 1 aromatic heterocycles. The molecule has 0 saturated heterocycles. The zero-order valence-electron chi connectivity index (χ0n) is 16.6. The van der Waals surface area contributed by atoms with E-state index in [0.717, 1.165) is 10.6 Å². The Morgan fingerprint density at radius 2 is 2.10 bits per heavy atom. The molecule has 11 heteroatoms. The Balaban J connectivity index is 0.000000357. The number of aromatic nitrogens is 1. The van der Waals surface area contributed by atoms with Crippen molar-refractivity contribution in [2.45, 2.75) is 11.3 Å². The van der Waals surface area contributed by atoms with Crippen LogP contribution in [0.5, 0.6) is 5.75 Å². The fourth-order valence-electron chi connectivity index (χ4n) is 2.37. The number of nitro benzene ring substituents is 1. The minimum atomic E-state index is -0.481. The molecule has 0 amide bonds. The first-order valence-electron chi connectivity index (χ1n) is 8.92. The van der Waals surface area contributed by atoms with E-state index >= 15 is 0 Å². The van der Waals surface area contributed by atoms with Gasteiger partial charge in [0.05, 0.1) is 17.7 Å². The van der Waals surface area contributed by atoms with Gasteiger partial charge < -0.3 is 26.8 Å². The lowest BCUT2D eigenvalue weighted by atomic mass is 10.2. The molecule has 0 bridgehead atoms. The standard InChI is InChI=1S/C15H16N4O3S.C5H6N2S/c1-22-14-7-6-12(19(20)21)9-13(14)18-15(23)17-11-5-3-2-4-10(16)8-11;6-4-1-2-7-3-5(4)8/h2-4,6-9H,5,16H2,1H3,(H2,17,18,23);1-3,8H,(H2,6,7). The maximum atomic E-state index is 10.9. The molecular weight excluding hydrogens is 436 g/mol. The summed E-state index contributed by atoms with van der Waals surface area (Å²) in [6.07, 6.45) is 11.3. The molecule has 0 saturated carbocycles. The van der Waals surface area contributed by atoms with Crippen LogP contribution in [0.15, 0.2) is 77.3 Å². The second-order valence-electron chi connectivity index (χ2n) is 6.12. The van der Waals surface area contributed by atoms with E-state index in [-0.39, 0.29) is 10.8 Å². The van der Waals surface area contributed by atoms with E-state index in [1.165, 1.54) is 25.3 Å². The van der Waals surface area contributed by atoms with Crippen LogP contribution in [0.3, 0.4) is 0 Å². The summed E-state index contributed by atoms with van der Waals surface area (Å²) >= 11 is 9.25. The molecule has 2 aromatic rings. The van der Waals surface area contributed by atoms with E-state index < -0.39 is 4.92 Å². The van der Waals surface area contributed by atoms with E-state index in [1.807, 2.05) is 12.2 Å². The van der Waals surface area contributed by atoms with Gasteiger partial charge in [-0.3, -0.25) is 15.1 Å². The van der Waals surface area contributed by atoms with Crippen molar-refractivity contribution >= 4 is 47.0 Å². The van der Waals surface area contributed by atoms with Gasteiger partial charge in [0.1, 0.15) is 5.75 Å². The molecule has 1 aromatic carbocycles. The number of allylic oxidation sites excluding steroid dienone is 4. The number of nitro groups is 1. The van der Waals surface area contributed by atoms with Gasteiger partial charge in [-0.2, -0.15) is 0 Å². The second-order valence-corrected chi connectivity index (χ2v) is 7.01. The summed E-state index contributed by atoms with van der Waals surface area (Å²) in [6, 6.07) is 5.95. The molecule has 6 N–H and O–H groups in total. The van der Waals surface area contributed by atoms with Crippen LogP contribution in [-0.4, -0.2) is 22.1 Å². The van der Waals surface area contributed by atoms with Crippen LogP contribution in [0.1, 0.15) is 6.42 Å². The molecule has 0 atom stereocenters. The van der Waals surface area contributed by atoms with Gasteiger partial charge >= 0.3 is 0 Å². The third kappa shape index (κ3) is 7.64. The van der Waals surface area contributed by atoms with Gasteiger partial charge in [-0.15, -0.1) is 12.6 Å². The molecule has 0 aliphatic heterocycles. The Morgan fingerprint density at radius 3 is 2.71 bits per heavy atom. The van der Waals surface area contributed by atoms with Crippen molar-refractivity contribution in [3.05, 3.63) is 82.5 Å². The average molecular weight is 459 g/mol. The largest absolute Gasteiger partial charge is 0.495 e. The number of methoxy groups -OCH3 is 1. The third-order valence-corrected chi connectivity index (χ3v) is 4.43. The highest BCUT2D eigenvalue weighted by atomic mass is 32.1. The number of ether oxygens (including phenoxy) is 1. The number of rotatable bonds is 4. The van der Waals surface area contributed by atoms with E-state index in [1.54, 1.807) is 30.6 Å². The number of thiocarbonyl (C=S) groups is 1. The van der Waals surface area contributed by atoms with Crippen molar-refractivity contribution in [3.8, 4) is 5.75 Å². The number of anilines is 2. The Labute approximate surface area is 190 Å². The topological polar surface area (TPSA) is 141 Å². The number of non-ortho nitro benzene ring substituents is 1. The number of nitrogens with zero attached hydrogens (tertiary/aromatic N) is 2. The summed E-state index contributed by atoms with van der Waals surface area (Å²) < 4.78 is 5.18. The predicted octanol–water partition coefficient (Wildman–Crippen LogP) is 3.53. The SMILES string of the molecule is COc1ccc([N+](=O)[O-])cc1NC(=S)NC1=CC(N)=CC=CC1.Nc1ccncc1S. The van der Waals surface area contributed by atoms with Crippen molar-refractivity contribution in [3.63, 3.8) is 0 Å². The molecule has 0 unspecified atom stereocenters. The molecule has 1 heterocycles. The number of nitrogens with one attached hydrogen (secondary N) is 2. The Hall–Kier alpha value is -3.57. The predicted molar refractivity (Wildman–Crippen MR) is 129 cm³/mol. The number of nitrogens with two attached hydrogens (primary N) is 2. The molecule has 0 spiro atoms. The first-order chi connectivity index (χ1) is 14.8. The van der Waals surface area contributed by atoms with Gasteiger partial charge in [0.2, 0.25) is 0 Å². The number of hydrogen-bond donors (Lipinski definition) is 5. The monoisotopic (exact) mass is 458 g/mol. The summed E-state index contributed by atoms with van der Waals surface area (Å²) in [5, 5.41) is 17.1. The highest BCUT2D eigenvalue weighted by Crippen LogP contribution is 2.28. The Kier molecular flexibility index (Phi) is 8.85. The minimum Gasteiger partial charge on any atom is -0.495 e. The number of hydrogen-bond acceptors (Lipinski definition) is 8. The van der Waals surface area contributed by atoms with Gasteiger partial charge in [0.15, 0.2) is 5.11 Å². The molecule has 162 valence electrons. The first-order valence-corrected chi connectivity index (χ1v) is 9.77. The van der Waals surface area contributed by atoms with Crippen LogP contribution < -0.4 is 26.8 Å². The van der Waals surface area contributed by atoms with Crippen LogP contribution in [0.2, 0.25) is 0 Å². The van der Waals surface area contributed by atoms with Gasteiger partial charge in [0.25, 0.3) is 5.69 Å². The number of thiol groups is 1. The van der Waals surface area contributed by atoms with Crippen LogP contribution in [0.25, 0.3) is 0 Å². The van der Waals surface area contributed by atoms with E-state index in [9.17, 15) is 10.1 Å². The Morgan fingerprint density at radius 1 is 1.32 bits per heavy atom. The summed E-state index contributed by atoms with van der Waals surface area (Å²) in [5.74, 6) is 0.453. The second kappa shape index (κ2) is 11.6. The Bertz CT molecular complexity index is 1030. The fraction of sp³-hybridized carbons (Fsp3) is 0.100. The summed E-state index contributed by atoms with van der Waals surface area (Å²) in [5.41, 5.74) is 13.6. The lowest BCUT2D eigenvalue weighted by Gasteiger charge is -2.14. The summed E-state index contributed by atoms with van der Waals surface area (Å²) in [6.45, 7) is 0. The molecule has 9 nitrogen and oxygen atoms in total. The zero-order chi connectivity index (χ0) is 22.8. The van der Waals surface area contributed by atoms with Crippen LogP contribution in [-0.2, 0) is 0 Å². The number of benzene rings is 1. The van der Waals surface area contributed by atoms with E-state index in [0.29, 0.717) is 29.2 Å². The fourth-order valence-corrected chi connectivity index (χ4v) is 2.76. The first kappa shape index (κ1) is 23.7. The maximum absolute atomic E-state index is 10.9.